The van der Waals surface area contributed by atoms with Crippen LogP contribution < -0.4 is 10.6 Å². The largest absolute Gasteiger partial charge is 0.366 e. The smallest absolute Gasteiger partial charge is 0.253 e. The average Bonchev–Trinajstić information content (AvgIpc) is 2.98. The van der Waals surface area contributed by atoms with Gasteiger partial charge in [-0.1, -0.05) is 12.1 Å². The van der Waals surface area contributed by atoms with Crippen molar-refractivity contribution in [3.8, 4) is 11.1 Å². The molecule has 0 aliphatic carbocycles. The van der Waals surface area contributed by atoms with E-state index in [1.165, 1.54) is 12.1 Å². The summed E-state index contributed by atoms with van der Waals surface area (Å²) in [4.78, 5) is 15.4. The van der Waals surface area contributed by atoms with Gasteiger partial charge in [0, 0.05) is 30.5 Å². The molecule has 0 bridgehead atoms. The Balaban J connectivity index is 0.00000176. The zero-order valence-electron chi connectivity index (χ0n) is 12.1. The minimum Gasteiger partial charge on any atom is -0.366 e. The number of rotatable bonds is 3. The molecule has 1 atom stereocenters. The number of hydrogen-bond donors (Lipinski definition) is 3. The van der Waals surface area contributed by atoms with E-state index in [9.17, 15) is 9.18 Å². The van der Waals surface area contributed by atoms with E-state index in [2.05, 4.69) is 15.6 Å². The van der Waals surface area contributed by atoms with E-state index in [0.717, 1.165) is 37.1 Å². The van der Waals surface area contributed by atoms with Gasteiger partial charge in [0.2, 0.25) is 0 Å². The van der Waals surface area contributed by atoms with Gasteiger partial charge in [0.1, 0.15) is 5.82 Å². The summed E-state index contributed by atoms with van der Waals surface area (Å²) in [5, 5.41) is 6.32. The van der Waals surface area contributed by atoms with Crippen molar-refractivity contribution >= 4 is 18.3 Å². The Hall–Kier alpha value is -1.85. The zero-order chi connectivity index (χ0) is 14.7. The highest BCUT2D eigenvalue weighted by Crippen LogP contribution is 2.24. The molecule has 2 heterocycles. The number of piperidine rings is 1. The van der Waals surface area contributed by atoms with Gasteiger partial charge >= 0.3 is 0 Å². The molecule has 0 saturated carbocycles. The van der Waals surface area contributed by atoms with Crippen LogP contribution in [-0.2, 0) is 0 Å². The molecule has 0 radical (unpaired) electrons. The van der Waals surface area contributed by atoms with Gasteiger partial charge in [-0.3, -0.25) is 4.79 Å². The standard InChI is InChI=1S/C16H18FN3O.ClH/c17-12-5-3-11(4-6-12)14-9-19-10-15(14)16(21)20-13-2-1-7-18-8-13;/h3-6,9-10,13,18-19H,1-2,7-8H2,(H,20,21);1H. The SMILES string of the molecule is Cl.O=C(NC1CCCNC1)c1c[nH]cc1-c1ccc(F)cc1. The van der Waals surface area contributed by atoms with Gasteiger partial charge in [-0.25, -0.2) is 4.39 Å². The highest BCUT2D eigenvalue weighted by Gasteiger charge is 2.19. The maximum absolute atomic E-state index is 13.0. The fraction of sp³-hybridized carbons (Fsp3) is 0.312. The van der Waals surface area contributed by atoms with Crippen LogP contribution >= 0.6 is 12.4 Å². The Morgan fingerprint density at radius 3 is 2.68 bits per heavy atom. The van der Waals surface area contributed by atoms with E-state index >= 15 is 0 Å². The average molecular weight is 324 g/mol. The monoisotopic (exact) mass is 323 g/mol. The molecule has 1 aliphatic rings. The summed E-state index contributed by atoms with van der Waals surface area (Å²) in [6.45, 7) is 1.82. The second kappa shape index (κ2) is 7.42. The molecule has 2 aromatic rings. The summed E-state index contributed by atoms with van der Waals surface area (Å²) < 4.78 is 13.0. The lowest BCUT2D eigenvalue weighted by atomic mass is 10.0. The number of H-pyrrole nitrogens is 1. The van der Waals surface area contributed by atoms with Gasteiger partial charge in [-0.05, 0) is 37.1 Å². The van der Waals surface area contributed by atoms with Crippen LogP contribution in [0.1, 0.15) is 23.2 Å². The fourth-order valence-corrected chi connectivity index (χ4v) is 2.66. The molecule has 1 saturated heterocycles. The van der Waals surface area contributed by atoms with E-state index in [1.807, 2.05) is 0 Å². The molecule has 6 heteroatoms. The summed E-state index contributed by atoms with van der Waals surface area (Å²) >= 11 is 0. The first-order chi connectivity index (χ1) is 10.2. The molecular weight excluding hydrogens is 305 g/mol. The molecule has 1 amide bonds. The quantitative estimate of drug-likeness (QED) is 0.813. The summed E-state index contributed by atoms with van der Waals surface area (Å²) in [5.41, 5.74) is 2.20. The van der Waals surface area contributed by atoms with Crippen LogP contribution in [0.15, 0.2) is 36.7 Å². The van der Waals surface area contributed by atoms with Crippen molar-refractivity contribution in [1.82, 2.24) is 15.6 Å². The van der Waals surface area contributed by atoms with Crippen molar-refractivity contribution in [2.45, 2.75) is 18.9 Å². The Morgan fingerprint density at radius 2 is 2.00 bits per heavy atom. The second-order valence-corrected chi connectivity index (χ2v) is 5.31. The summed E-state index contributed by atoms with van der Waals surface area (Å²) in [6.07, 6.45) is 5.52. The Labute approximate surface area is 134 Å². The number of amides is 1. The predicted molar refractivity (Wildman–Crippen MR) is 86.8 cm³/mol. The molecule has 118 valence electrons. The van der Waals surface area contributed by atoms with Crippen LogP contribution in [0.3, 0.4) is 0 Å². The second-order valence-electron chi connectivity index (χ2n) is 5.31. The topological polar surface area (TPSA) is 56.9 Å². The van der Waals surface area contributed by atoms with Crippen molar-refractivity contribution < 1.29 is 9.18 Å². The number of aromatic amines is 1. The minimum atomic E-state index is -0.284. The number of aromatic nitrogens is 1. The number of carbonyl (C=O) groups is 1. The predicted octanol–water partition coefficient (Wildman–Crippen LogP) is 2.72. The minimum absolute atomic E-state index is 0. The van der Waals surface area contributed by atoms with Gasteiger partial charge in [0.05, 0.1) is 5.56 Å². The van der Waals surface area contributed by atoms with Crippen molar-refractivity contribution in [3.05, 3.63) is 48.0 Å². The molecule has 3 rings (SSSR count). The van der Waals surface area contributed by atoms with E-state index in [0.29, 0.717) is 5.56 Å². The van der Waals surface area contributed by atoms with Gasteiger partial charge in [0.15, 0.2) is 0 Å². The Kier molecular flexibility index (Phi) is 5.57. The lowest BCUT2D eigenvalue weighted by Gasteiger charge is -2.23. The maximum atomic E-state index is 13.0. The molecule has 1 aliphatic heterocycles. The van der Waals surface area contributed by atoms with Crippen LogP contribution in [0, 0.1) is 5.82 Å². The van der Waals surface area contributed by atoms with Crippen molar-refractivity contribution in [2.24, 2.45) is 0 Å². The number of nitrogens with one attached hydrogen (secondary N) is 3. The third-order valence-corrected chi connectivity index (χ3v) is 3.78. The molecule has 1 aromatic heterocycles. The number of carbonyl (C=O) groups excluding carboxylic acids is 1. The van der Waals surface area contributed by atoms with Crippen LogP contribution in [0.4, 0.5) is 4.39 Å². The van der Waals surface area contributed by atoms with Crippen LogP contribution in [-0.4, -0.2) is 30.0 Å². The summed E-state index contributed by atoms with van der Waals surface area (Å²) in [5.74, 6) is -0.377. The van der Waals surface area contributed by atoms with Gasteiger partial charge in [0.25, 0.3) is 5.91 Å². The van der Waals surface area contributed by atoms with E-state index in [4.69, 9.17) is 0 Å². The Bertz CT molecular complexity index is 621. The number of halogens is 2. The lowest BCUT2D eigenvalue weighted by molar-refractivity contribution is 0.0931. The first kappa shape index (κ1) is 16.5. The van der Waals surface area contributed by atoms with Gasteiger partial charge in [-0.2, -0.15) is 0 Å². The molecule has 0 spiro atoms. The molecule has 3 N–H and O–H groups in total. The first-order valence-electron chi connectivity index (χ1n) is 7.18. The van der Waals surface area contributed by atoms with Crippen molar-refractivity contribution in [1.29, 1.82) is 0 Å². The summed E-state index contributed by atoms with van der Waals surface area (Å²) in [7, 11) is 0. The number of hydrogen-bond acceptors (Lipinski definition) is 2. The molecular formula is C16H19ClFN3O. The fourth-order valence-electron chi connectivity index (χ4n) is 2.66. The third kappa shape index (κ3) is 3.67. The molecule has 1 aromatic carbocycles. The Morgan fingerprint density at radius 1 is 1.23 bits per heavy atom. The zero-order valence-corrected chi connectivity index (χ0v) is 12.9. The lowest BCUT2D eigenvalue weighted by Crippen LogP contribution is -2.45. The van der Waals surface area contributed by atoms with Gasteiger partial charge in [-0.15, -0.1) is 12.4 Å². The van der Waals surface area contributed by atoms with Crippen LogP contribution in [0.25, 0.3) is 11.1 Å². The van der Waals surface area contributed by atoms with E-state index < -0.39 is 0 Å². The summed E-state index contributed by atoms with van der Waals surface area (Å²) in [6, 6.07) is 6.32. The number of benzene rings is 1. The molecule has 4 nitrogen and oxygen atoms in total. The van der Waals surface area contributed by atoms with Crippen molar-refractivity contribution in [3.63, 3.8) is 0 Å². The molecule has 1 unspecified atom stereocenters. The molecule has 1 fully saturated rings. The van der Waals surface area contributed by atoms with Gasteiger partial charge < -0.3 is 15.6 Å². The van der Waals surface area contributed by atoms with Crippen LogP contribution in [0.2, 0.25) is 0 Å². The first-order valence-corrected chi connectivity index (χ1v) is 7.18. The van der Waals surface area contributed by atoms with E-state index in [1.54, 1.807) is 24.5 Å². The maximum Gasteiger partial charge on any atom is 0.253 e. The third-order valence-electron chi connectivity index (χ3n) is 3.78. The molecule has 22 heavy (non-hydrogen) atoms. The van der Waals surface area contributed by atoms with Crippen LogP contribution in [0.5, 0.6) is 0 Å². The highest BCUT2D eigenvalue weighted by atomic mass is 35.5. The normalized spacial score (nSPS) is 17.6. The van der Waals surface area contributed by atoms with Crippen molar-refractivity contribution in [2.75, 3.05) is 13.1 Å². The highest BCUT2D eigenvalue weighted by molar-refractivity contribution is 6.00. The van der Waals surface area contributed by atoms with E-state index in [-0.39, 0.29) is 30.2 Å².